The monoisotopic (exact) mass is 456 g/mol. The Balaban J connectivity index is 1.62. The highest BCUT2D eigenvalue weighted by Gasteiger charge is 2.22. The number of ether oxygens (including phenoxy) is 1. The number of methoxy groups -OCH3 is 1. The molecule has 0 saturated heterocycles. The van der Waals surface area contributed by atoms with Crippen molar-refractivity contribution in [1.29, 1.82) is 5.26 Å². The van der Waals surface area contributed by atoms with Gasteiger partial charge in [-0.3, -0.25) is 9.59 Å². The Hall–Kier alpha value is -4.31. The van der Waals surface area contributed by atoms with E-state index in [1.165, 1.54) is 0 Å². The Labute approximate surface area is 199 Å². The van der Waals surface area contributed by atoms with Gasteiger partial charge in [0.2, 0.25) is 5.91 Å². The number of carbonyl (C=O) groups is 2. The molecule has 174 valence electrons. The Morgan fingerprint density at radius 3 is 2.38 bits per heavy atom. The summed E-state index contributed by atoms with van der Waals surface area (Å²) in [6.45, 7) is 2.82. The van der Waals surface area contributed by atoms with E-state index >= 15 is 0 Å². The molecule has 3 aromatic carbocycles. The van der Waals surface area contributed by atoms with Crippen LogP contribution < -0.4 is 20.7 Å². The van der Waals surface area contributed by atoms with Gasteiger partial charge in [0.1, 0.15) is 11.8 Å². The van der Waals surface area contributed by atoms with E-state index in [-0.39, 0.29) is 11.8 Å². The third-order valence-corrected chi connectivity index (χ3v) is 5.27. The Morgan fingerprint density at radius 1 is 1.00 bits per heavy atom. The van der Waals surface area contributed by atoms with Gasteiger partial charge >= 0.3 is 0 Å². The van der Waals surface area contributed by atoms with Gasteiger partial charge < -0.3 is 20.7 Å². The molecule has 7 nitrogen and oxygen atoms in total. The highest BCUT2D eigenvalue weighted by molar-refractivity contribution is 5.97. The lowest BCUT2D eigenvalue weighted by molar-refractivity contribution is -0.122. The predicted molar refractivity (Wildman–Crippen MR) is 132 cm³/mol. The number of aryl methyl sites for hydroxylation is 1. The second-order valence-electron chi connectivity index (χ2n) is 7.85. The van der Waals surface area contributed by atoms with Crippen molar-refractivity contribution in [3.8, 4) is 11.8 Å². The SMILES string of the molecule is COc1ccc(NCCNC(=O)C(Cc2ccc(C#N)cc2)NC(=O)c2cccc(C)c2)cc1. The Morgan fingerprint density at radius 2 is 1.74 bits per heavy atom. The van der Waals surface area contributed by atoms with Crippen LogP contribution in [0.4, 0.5) is 5.69 Å². The fourth-order valence-electron chi connectivity index (χ4n) is 3.41. The molecule has 0 aliphatic heterocycles. The van der Waals surface area contributed by atoms with Crippen LogP contribution in [0.25, 0.3) is 0 Å². The molecule has 1 unspecified atom stereocenters. The third kappa shape index (κ3) is 7.10. The maximum absolute atomic E-state index is 13.0. The summed E-state index contributed by atoms with van der Waals surface area (Å²) in [5, 5.41) is 18.0. The second kappa shape index (κ2) is 12.1. The van der Waals surface area contributed by atoms with Crippen LogP contribution in [0.3, 0.4) is 0 Å². The molecule has 0 heterocycles. The predicted octanol–water partition coefficient (Wildman–Crippen LogP) is 3.44. The molecule has 34 heavy (non-hydrogen) atoms. The van der Waals surface area contributed by atoms with Crippen molar-refractivity contribution in [2.24, 2.45) is 0 Å². The molecule has 0 aliphatic rings. The van der Waals surface area contributed by atoms with Crippen LogP contribution in [0.2, 0.25) is 0 Å². The molecule has 0 fully saturated rings. The van der Waals surface area contributed by atoms with E-state index < -0.39 is 6.04 Å². The number of nitrogens with zero attached hydrogens (tertiary/aromatic N) is 1. The molecule has 0 bridgehead atoms. The van der Waals surface area contributed by atoms with E-state index in [1.807, 2.05) is 43.3 Å². The fraction of sp³-hybridized carbons (Fsp3) is 0.222. The van der Waals surface area contributed by atoms with Crippen LogP contribution in [0.5, 0.6) is 5.75 Å². The number of nitrogens with one attached hydrogen (secondary N) is 3. The Kier molecular flexibility index (Phi) is 8.64. The van der Waals surface area contributed by atoms with E-state index in [4.69, 9.17) is 10.00 Å². The van der Waals surface area contributed by atoms with E-state index in [0.29, 0.717) is 30.6 Å². The standard InChI is InChI=1S/C27H28N4O3/c1-19-4-3-5-22(16-19)26(32)31-25(17-20-6-8-21(18-28)9-7-20)27(33)30-15-14-29-23-10-12-24(34-2)13-11-23/h3-13,16,25,29H,14-15,17H2,1-2H3,(H,30,33)(H,31,32). The van der Waals surface area contributed by atoms with E-state index in [2.05, 4.69) is 22.0 Å². The molecular formula is C27H28N4O3. The van der Waals surface area contributed by atoms with Crippen LogP contribution in [-0.2, 0) is 11.2 Å². The summed E-state index contributed by atoms with van der Waals surface area (Å²) in [5.74, 6) is 0.185. The van der Waals surface area contributed by atoms with Crippen LogP contribution in [0.1, 0.15) is 27.0 Å². The summed E-state index contributed by atoms with van der Waals surface area (Å²) in [6.07, 6.45) is 0.307. The highest BCUT2D eigenvalue weighted by atomic mass is 16.5. The largest absolute Gasteiger partial charge is 0.497 e. The van der Waals surface area contributed by atoms with Gasteiger partial charge in [-0.2, -0.15) is 5.26 Å². The van der Waals surface area contributed by atoms with Crippen molar-refractivity contribution in [2.45, 2.75) is 19.4 Å². The summed E-state index contributed by atoms with van der Waals surface area (Å²) >= 11 is 0. The van der Waals surface area contributed by atoms with Crippen LogP contribution in [-0.4, -0.2) is 38.1 Å². The van der Waals surface area contributed by atoms with Gasteiger partial charge in [0, 0.05) is 30.8 Å². The Bertz CT molecular complexity index is 1150. The number of rotatable bonds is 10. The van der Waals surface area contributed by atoms with Gasteiger partial charge in [-0.25, -0.2) is 0 Å². The van der Waals surface area contributed by atoms with Crippen LogP contribution in [0.15, 0.2) is 72.8 Å². The number of hydrogen-bond acceptors (Lipinski definition) is 5. The molecule has 3 aromatic rings. The van der Waals surface area contributed by atoms with E-state index in [1.54, 1.807) is 43.5 Å². The minimum Gasteiger partial charge on any atom is -0.497 e. The van der Waals surface area contributed by atoms with Crippen LogP contribution in [0, 0.1) is 18.3 Å². The van der Waals surface area contributed by atoms with E-state index in [9.17, 15) is 9.59 Å². The molecule has 0 radical (unpaired) electrons. The average Bonchev–Trinajstić information content (AvgIpc) is 2.86. The summed E-state index contributed by atoms with van der Waals surface area (Å²) in [4.78, 5) is 25.8. The molecule has 1 atom stereocenters. The first-order valence-corrected chi connectivity index (χ1v) is 11.0. The molecule has 0 aliphatic carbocycles. The smallest absolute Gasteiger partial charge is 0.251 e. The second-order valence-corrected chi connectivity index (χ2v) is 7.85. The summed E-state index contributed by atoms with van der Waals surface area (Å²) in [7, 11) is 1.62. The topological polar surface area (TPSA) is 103 Å². The number of benzene rings is 3. The summed E-state index contributed by atoms with van der Waals surface area (Å²) < 4.78 is 5.15. The zero-order valence-corrected chi connectivity index (χ0v) is 19.3. The first-order valence-electron chi connectivity index (χ1n) is 11.0. The quantitative estimate of drug-likeness (QED) is 0.406. The van der Waals surface area contributed by atoms with Crippen molar-refractivity contribution < 1.29 is 14.3 Å². The van der Waals surface area contributed by atoms with Gasteiger partial charge in [0.15, 0.2) is 0 Å². The molecule has 0 spiro atoms. The third-order valence-electron chi connectivity index (χ3n) is 5.27. The number of nitriles is 1. The molecule has 3 N–H and O–H groups in total. The zero-order valence-electron chi connectivity index (χ0n) is 19.3. The summed E-state index contributed by atoms with van der Waals surface area (Å²) in [5.41, 5.74) is 3.76. The average molecular weight is 457 g/mol. The number of hydrogen-bond donors (Lipinski definition) is 3. The molecule has 0 aromatic heterocycles. The maximum atomic E-state index is 13.0. The van der Waals surface area contributed by atoms with Gasteiger partial charge in [-0.1, -0.05) is 29.8 Å². The van der Waals surface area contributed by atoms with Crippen molar-refractivity contribution in [3.05, 3.63) is 95.1 Å². The molecule has 0 saturated carbocycles. The lowest BCUT2D eigenvalue weighted by Gasteiger charge is -2.19. The van der Waals surface area contributed by atoms with Crippen molar-refractivity contribution in [2.75, 3.05) is 25.5 Å². The number of amides is 2. The molecule has 7 heteroatoms. The van der Waals surface area contributed by atoms with Gasteiger partial charge in [0.25, 0.3) is 5.91 Å². The summed E-state index contributed by atoms with van der Waals surface area (Å²) in [6, 6.07) is 23.0. The minimum absolute atomic E-state index is 0.276. The van der Waals surface area contributed by atoms with Gasteiger partial charge in [0.05, 0.1) is 18.7 Å². The molecular weight excluding hydrogens is 428 g/mol. The van der Waals surface area contributed by atoms with Crippen LogP contribution >= 0.6 is 0 Å². The normalized spacial score (nSPS) is 11.1. The minimum atomic E-state index is -0.762. The van der Waals surface area contributed by atoms with Crippen molar-refractivity contribution >= 4 is 17.5 Å². The van der Waals surface area contributed by atoms with Gasteiger partial charge in [-0.05, 0) is 61.0 Å². The first-order chi connectivity index (χ1) is 16.5. The molecule has 2 amide bonds. The number of anilines is 1. The van der Waals surface area contributed by atoms with Crippen molar-refractivity contribution in [3.63, 3.8) is 0 Å². The lowest BCUT2D eigenvalue weighted by Crippen LogP contribution is -2.48. The zero-order chi connectivity index (χ0) is 24.3. The van der Waals surface area contributed by atoms with Gasteiger partial charge in [-0.15, -0.1) is 0 Å². The fourth-order valence-corrected chi connectivity index (χ4v) is 3.41. The highest BCUT2D eigenvalue weighted by Crippen LogP contribution is 2.14. The molecule has 3 rings (SSSR count). The van der Waals surface area contributed by atoms with E-state index in [0.717, 1.165) is 22.6 Å². The van der Waals surface area contributed by atoms with Crippen molar-refractivity contribution in [1.82, 2.24) is 10.6 Å². The first kappa shape index (κ1) is 24.3. The maximum Gasteiger partial charge on any atom is 0.251 e. The number of carbonyl (C=O) groups excluding carboxylic acids is 2. The lowest BCUT2D eigenvalue weighted by atomic mass is 10.0.